The average Bonchev–Trinajstić information content (AvgIpc) is 2.12. The van der Waals surface area contributed by atoms with E-state index in [1.807, 2.05) is 12.1 Å². The van der Waals surface area contributed by atoms with Gasteiger partial charge in [-0.2, -0.15) is 0 Å². The molecule has 0 amide bonds. The first-order valence-electron chi connectivity index (χ1n) is 4.59. The van der Waals surface area contributed by atoms with Crippen LogP contribution in [-0.4, -0.2) is 25.2 Å². The quantitative estimate of drug-likeness (QED) is 0.745. The van der Waals surface area contributed by atoms with E-state index in [2.05, 4.69) is 16.4 Å². The van der Waals surface area contributed by atoms with E-state index in [4.69, 9.17) is 4.74 Å². The molecule has 1 aliphatic heterocycles. The minimum absolute atomic E-state index is 0.713. The maximum Gasteiger partial charge on any atom is 0.213 e. The van der Waals surface area contributed by atoms with Gasteiger partial charge in [-0.25, -0.2) is 4.98 Å². The van der Waals surface area contributed by atoms with Crippen molar-refractivity contribution in [1.29, 1.82) is 0 Å². The molecule has 70 valence electrons. The van der Waals surface area contributed by atoms with E-state index >= 15 is 0 Å². The molecular formula is C10H14N2O. The van der Waals surface area contributed by atoms with E-state index in [-0.39, 0.29) is 0 Å². The van der Waals surface area contributed by atoms with Gasteiger partial charge in [0.25, 0.3) is 0 Å². The number of nitrogens with one attached hydrogen (secondary N) is 1. The molecule has 3 nitrogen and oxygen atoms in total. The Kier molecular flexibility index (Phi) is 2.45. The van der Waals surface area contributed by atoms with Gasteiger partial charge in [0.15, 0.2) is 0 Å². The van der Waals surface area contributed by atoms with E-state index in [0.29, 0.717) is 5.88 Å². The van der Waals surface area contributed by atoms with Crippen molar-refractivity contribution < 1.29 is 4.74 Å². The lowest BCUT2D eigenvalue weighted by atomic mass is 9.97. The van der Waals surface area contributed by atoms with Crippen LogP contribution in [0.4, 0.5) is 0 Å². The van der Waals surface area contributed by atoms with Crippen LogP contribution in [0.3, 0.4) is 0 Å². The molecule has 0 radical (unpaired) electrons. The molecule has 0 aliphatic carbocycles. The Hall–Kier alpha value is -1.09. The zero-order chi connectivity index (χ0) is 9.10. The molecule has 0 unspecified atom stereocenters. The second-order valence-electron chi connectivity index (χ2n) is 3.40. The predicted molar refractivity (Wildman–Crippen MR) is 50.9 cm³/mol. The highest BCUT2D eigenvalue weighted by Crippen LogP contribution is 2.13. The minimum Gasteiger partial charge on any atom is -0.481 e. The van der Waals surface area contributed by atoms with Crippen molar-refractivity contribution in [3.63, 3.8) is 0 Å². The van der Waals surface area contributed by atoms with Gasteiger partial charge in [-0.05, 0) is 31.5 Å². The van der Waals surface area contributed by atoms with Crippen LogP contribution in [0.5, 0.6) is 5.88 Å². The lowest BCUT2D eigenvalue weighted by Crippen LogP contribution is -2.43. The van der Waals surface area contributed by atoms with Gasteiger partial charge in [0.2, 0.25) is 5.88 Å². The second kappa shape index (κ2) is 3.75. The van der Waals surface area contributed by atoms with Crippen LogP contribution in [0.15, 0.2) is 18.2 Å². The molecule has 0 aromatic carbocycles. The zero-order valence-electron chi connectivity index (χ0n) is 7.79. The molecule has 2 rings (SSSR count). The van der Waals surface area contributed by atoms with E-state index in [0.717, 1.165) is 31.1 Å². The maximum atomic E-state index is 5.06. The van der Waals surface area contributed by atoms with Crippen molar-refractivity contribution >= 4 is 0 Å². The van der Waals surface area contributed by atoms with Gasteiger partial charge in [-0.3, -0.25) is 0 Å². The maximum absolute atomic E-state index is 5.06. The van der Waals surface area contributed by atoms with Gasteiger partial charge in [-0.1, -0.05) is 6.07 Å². The van der Waals surface area contributed by atoms with Gasteiger partial charge in [0, 0.05) is 11.8 Å². The zero-order valence-corrected chi connectivity index (χ0v) is 7.79. The van der Waals surface area contributed by atoms with Gasteiger partial charge >= 0.3 is 0 Å². The predicted octanol–water partition coefficient (Wildman–Crippen LogP) is 0.852. The van der Waals surface area contributed by atoms with E-state index in [1.165, 1.54) is 0 Å². The topological polar surface area (TPSA) is 34.1 Å². The fourth-order valence-electron chi connectivity index (χ4n) is 1.47. The summed E-state index contributed by atoms with van der Waals surface area (Å²) in [5, 5.41) is 3.25. The van der Waals surface area contributed by atoms with Crippen molar-refractivity contribution in [3.05, 3.63) is 23.9 Å². The number of aromatic nitrogens is 1. The summed E-state index contributed by atoms with van der Waals surface area (Å²) < 4.78 is 5.06. The summed E-state index contributed by atoms with van der Waals surface area (Å²) in [4.78, 5) is 4.36. The molecule has 0 saturated carbocycles. The van der Waals surface area contributed by atoms with Gasteiger partial charge in [0.05, 0.1) is 7.11 Å². The van der Waals surface area contributed by atoms with Gasteiger partial charge in [0.1, 0.15) is 0 Å². The van der Waals surface area contributed by atoms with Crippen LogP contribution < -0.4 is 10.1 Å². The Labute approximate surface area is 78.1 Å². The lowest BCUT2D eigenvalue weighted by Gasteiger charge is -2.26. The molecule has 1 aromatic rings. The minimum atomic E-state index is 0.713. The number of rotatable bonds is 3. The molecule has 1 aromatic heterocycles. The molecule has 0 atom stereocenters. The average molecular weight is 178 g/mol. The number of hydrogen-bond donors (Lipinski definition) is 1. The van der Waals surface area contributed by atoms with E-state index < -0.39 is 0 Å². The molecule has 1 saturated heterocycles. The first-order chi connectivity index (χ1) is 6.38. The fourth-order valence-corrected chi connectivity index (χ4v) is 1.47. The Balaban J connectivity index is 2.01. The molecule has 0 spiro atoms. The SMILES string of the molecule is COc1cccc(CC2CNC2)n1. The third kappa shape index (κ3) is 1.98. The summed E-state index contributed by atoms with van der Waals surface area (Å²) >= 11 is 0. The second-order valence-corrected chi connectivity index (χ2v) is 3.40. The van der Waals surface area contributed by atoms with E-state index in [1.54, 1.807) is 7.11 Å². The Morgan fingerprint density at radius 1 is 1.54 bits per heavy atom. The number of ether oxygens (including phenoxy) is 1. The molecular weight excluding hydrogens is 164 g/mol. The van der Waals surface area contributed by atoms with Crippen molar-refractivity contribution in [2.45, 2.75) is 6.42 Å². The third-order valence-electron chi connectivity index (χ3n) is 2.35. The Bertz CT molecular complexity index is 284. The van der Waals surface area contributed by atoms with Crippen LogP contribution in [0.25, 0.3) is 0 Å². The highest BCUT2D eigenvalue weighted by Gasteiger charge is 2.17. The van der Waals surface area contributed by atoms with Crippen LogP contribution >= 0.6 is 0 Å². The number of nitrogens with zero attached hydrogens (tertiary/aromatic N) is 1. The van der Waals surface area contributed by atoms with E-state index in [9.17, 15) is 0 Å². The standard InChI is InChI=1S/C10H14N2O/c1-13-10-4-2-3-9(12-10)5-8-6-11-7-8/h2-4,8,11H,5-7H2,1H3. The number of hydrogen-bond acceptors (Lipinski definition) is 3. The first kappa shape index (κ1) is 8.51. The molecule has 13 heavy (non-hydrogen) atoms. The molecule has 3 heteroatoms. The lowest BCUT2D eigenvalue weighted by molar-refractivity contribution is 0.341. The highest BCUT2D eigenvalue weighted by molar-refractivity contribution is 5.16. The van der Waals surface area contributed by atoms with Crippen LogP contribution in [0.1, 0.15) is 5.69 Å². The van der Waals surface area contributed by atoms with Crippen LogP contribution in [-0.2, 0) is 6.42 Å². The van der Waals surface area contributed by atoms with Crippen molar-refractivity contribution in [3.8, 4) is 5.88 Å². The summed E-state index contributed by atoms with van der Waals surface area (Å²) in [5.41, 5.74) is 1.13. The largest absolute Gasteiger partial charge is 0.481 e. The molecule has 1 aliphatic rings. The Morgan fingerprint density at radius 3 is 3.00 bits per heavy atom. The summed E-state index contributed by atoms with van der Waals surface area (Å²) in [6.45, 7) is 2.25. The van der Waals surface area contributed by atoms with Crippen LogP contribution in [0, 0.1) is 5.92 Å². The highest BCUT2D eigenvalue weighted by atomic mass is 16.5. The van der Waals surface area contributed by atoms with Gasteiger partial charge < -0.3 is 10.1 Å². The normalized spacial score (nSPS) is 16.7. The third-order valence-corrected chi connectivity index (χ3v) is 2.35. The molecule has 1 fully saturated rings. The fraction of sp³-hybridized carbons (Fsp3) is 0.500. The monoisotopic (exact) mass is 178 g/mol. The summed E-state index contributed by atoms with van der Waals surface area (Å²) in [5.74, 6) is 1.48. The van der Waals surface area contributed by atoms with Crippen molar-refractivity contribution in [1.82, 2.24) is 10.3 Å². The smallest absolute Gasteiger partial charge is 0.213 e. The summed E-state index contributed by atoms with van der Waals surface area (Å²) in [6.07, 6.45) is 1.06. The first-order valence-corrected chi connectivity index (χ1v) is 4.59. The number of pyridine rings is 1. The van der Waals surface area contributed by atoms with Gasteiger partial charge in [-0.15, -0.1) is 0 Å². The Morgan fingerprint density at radius 2 is 2.38 bits per heavy atom. The molecule has 1 N–H and O–H groups in total. The van der Waals surface area contributed by atoms with Crippen molar-refractivity contribution in [2.24, 2.45) is 5.92 Å². The van der Waals surface area contributed by atoms with Crippen LogP contribution in [0.2, 0.25) is 0 Å². The molecule has 0 bridgehead atoms. The molecule has 2 heterocycles. The summed E-state index contributed by atoms with van der Waals surface area (Å²) in [6, 6.07) is 5.93. The number of methoxy groups -OCH3 is 1. The van der Waals surface area contributed by atoms with Crippen molar-refractivity contribution in [2.75, 3.05) is 20.2 Å². The summed E-state index contributed by atoms with van der Waals surface area (Å²) in [7, 11) is 1.65.